The zero-order valence-electron chi connectivity index (χ0n) is 16.8. The molecule has 2 aromatic carbocycles. The van der Waals surface area contributed by atoms with E-state index in [1.807, 2.05) is 0 Å². The van der Waals surface area contributed by atoms with Gasteiger partial charge in [0, 0.05) is 5.92 Å². The van der Waals surface area contributed by atoms with Crippen LogP contribution in [-0.2, 0) is 17.2 Å². The lowest BCUT2D eigenvalue weighted by Gasteiger charge is -2.21. The summed E-state index contributed by atoms with van der Waals surface area (Å²) in [5.74, 6) is -0.955. The minimum absolute atomic E-state index is 0.257. The summed E-state index contributed by atoms with van der Waals surface area (Å²) in [5.41, 5.74) is 2.28. The van der Waals surface area contributed by atoms with Gasteiger partial charge in [0.2, 0.25) is 0 Å². The molecule has 0 amide bonds. The SMILES string of the molecule is Cc1cc(OCP(=O)(O)O)cc2c1C(c1cc(C(C)C)c(O)c(C(F)(F)F)c1)CC2. The summed E-state index contributed by atoms with van der Waals surface area (Å²) >= 11 is 0. The average molecular weight is 444 g/mol. The van der Waals surface area contributed by atoms with E-state index < -0.39 is 31.4 Å². The fraction of sp³-hybridized carbons (Fsp3) is 0.429. The van der Waals surface area contributed by atoms with Gasteiger partial charge in [0.15, 0.2) is 6.35 Å². The van der Waals surface area contributed by atoms with Gasteiger partial charge in [-0.3, -0.25) is 4.57 Å². The molecule has 3 rings (SSSR count). The number of benzene rings is 2. The Labute approximate surface area is 172 Å². The zero-order valence-corrected chi connectivity index (χ0v) is 17.7. The summed E-state index contributed by atoms with van der Waals surface area (Å²) in [6.45, 7) is 5.27. The van der Waals surface area contributed by atoms with E-state index >= 15 is 0 Å². The first-order chi connectivity index (χ1) is 13.8. The number of halogens is 3. The zero-order chi connectivity index (χ0) is 22.4. The van der Waals surface area contributed by atoms with Crippen LogP contribution in [0, 0.1) is 6.92 Å². The number of phenolic OH excluding ortho intramolecular Hbond substituents is 1. The lowest BCUT2D eigenvalue weighted by atomic mass is 9.86. The maximum Gasteiger partial charge on any atom is 0.419 e. The monoisotopic (exact) mass is 444 g/mol. The molecule has 0 fully saturated rings. The predicted molar refractivity (Wildman–Crippen MR) is 106 cm³/mol. The summed E-state index contributed by atoms with van der Waals surface area (Å²) < 4.78 is 56.8. The van der Waals surface area contributed by atoms with Crippen LogP contribution in [0.25, 0.3) is 0 Å². The lowest BCUT2D eigenvalue weighted by molar-refractivity contribution is -0.138. The number of hydrogen-bond donors (Lipinski definition) is 3. The van der Waals surface area contributed by atoms with E-state index in [1.54, 1.807) is 39.0 Å². The minimum Gasteiger partial charge on any atom is -0.507 e. The molecule has 1 aliphatic rings. The van der Waals surface area contributed by atoms with Crippen molar-refractivity contribution in [3.8, 4) is 11.5 Å². The van der Waals surface area contributed by atoms with Gasteiger partial charge in [-0.1, -0.05) is 19.9 Å². The molecule has 1 aliphatic carbocycles. The minimum atomic E-state index is -4.67. The number of alkyl halides is 3. The number of hydrogen-bond acceptors (Lipinski definition) is 3. The lowest BCUT2D eigenvalue weighted by Crippen LogP contribution is -2.10. The van der Waals surface area contributed by atoms with Crippen LogP contribution in [0.2, 0.25) is 0 Å². The van der Waals surface area contributed by atoms with E-state index in [2.05, 4.69) is 0 Å². The molecule has 2 aromatic rings. The average Bonchev–Trinajstić information content (AvgIpc) is 3.03. The van der Waals surface area contributed by atoms with E-state index in [9.17, 15) is 22.8 Å². The number of aromatic hydroxyl groups is 1. The molecule has 0 heterocycles. The topological polar surface area (TPSA) is 87.0 Å². The molecule has 0 aromatic heterocycles. The quantitative estimate of drug-likeness (QED) is 0.535. The van der Waals surface area contributed by atoms with E-state index in [-0.39, 0.29) is 17.4 Å². The largest absolute Gasteiger partial charge is 0.507 e. The molecule has 0 saturated carbocycles. The van der Waals surface area contributed by atoms with Crippen LogP contribution in [-0.4, -0.2) is 21.2 Å². The third kappa shape index (κ3) is 4.66. The molecule has 0 spiro atoms. The molecule has 30 heavy (non-hydrogen) atoms. The first kappa shape index (κ1) is 22.7. The van der Waals surface area contributed by atoms with Crippen LogP contribution in [0.3, 0.4) is 0 Å². The van der Waals surface area contributed by atoms with Gasteiger partial charge in [0.05, 0.1) is 5.56 Å². The van der Waals surface area contributed by atoms with Gasteiger partial charge in [-0.15, -0.1) is 0 Å². The van der Waals surface area contributed by atoms with Crippen LogP contribution < -0.4 is 4.74 Å². The molecular weight excluding hydrogens is 420 g/mol. The molecule has 5 nitrogen and oxygen atoms in total. The molecule has 1 atom stereocenters. The Bertz CT molecular complexity index is 1010. The van der Waals surface area contributed by atoms with Crippen molar-refractivity contribution in [3.63, 3.8) is 0 Å². The highest BCUT2D eigenvalue weighted by Crippen LogP contribution is 2.47. The van der Waals surface area contributed by atoms with Crippen LogP contribution >= 0.6 is 7.60 Å². The molecule has 0 saturated heterocycles. The van der Waals surface area contributed by atoms with Gasteiger partial charge in [0.1, 0.15) is 11.5 Å². The highest BCUT2D eigenvalue weighted by Gasteiger charge is 2.37. The van der Waals surface area contributed by atoms with Gasteiger partial charge in [-0.2, -0.15) is 13.2 Å². The Morgan fingerprint density at radius 1 is 1.20 bits per heavy atom. The molecule has 164 valence electrons. The van der Waals surface area contributed by atoms with Crippen molar-refractivity contribution in [1.29, 1.82) is 0 Å². The Kier molecular flexibility index (Phi) is 5.98. The molecule has 0 bridgehead atoms. The molecule has 9 heteroatoms. The van der Waals surface area contributed by atoms with Crippen LogP contribution in [0.1, 0.15) is 65.5 Å². The maximum absolute atomic E-state index is 13.5. The third-order valence-electron chi connectivity index (χ3n) is 5.39. The first-order valence-electron chi connectivity index (χ1n) is 9.52. The van der Waals surface area contributed by atoms with Crippen molar-refractivity contribution in [1.82, 2.24) is 0 Å². The van der Waals surface area contributed by atoms with Crippen molar-refractivity contribution in [2.75, 3.05) is 6.35 Å². The van der Waals surface area contributed by atoms with Crippen LogP contribution in [0.15, 0.2) is 24.3 Å². The second kappa shape index (κ2) is 7.91. The fourth-order valence-electron chi connectivity index (χ4n) is 4.10. The third-order valence-corrected chi connectivity index (χ3v) is 5.85. The second-order valence-electron chi connectivity index (χ2n) is 8.00. The summed E-state index contributed by atoms with van der Waals surface area (Å²) in [6, 6.07) is 6.00. The number of ether oxygens (including phenoxy) is 1. The number of phenols is 1. The summed E-state index contributed by atoms with van der Waals surface area (Å²) in [7, 11) is -4.32. The van der Waals surface area contributed by atoms with Crippen molar-refractivity contribution in [2.24, 2.45) is 0 Å². The van der Waals surface area contributed by atoms with E-state index in [1.165, 1.54) is 0 Å². The first-order valence-corrected chi connectivity index (χ1v) is 11.3. The van der Waals surface area contributed by atoms with Crippen molar-refractivity contribution < 1.29 is 37.4 Å². The van der Waals surface area contributed by atoms with E-state index in [0.717, 1.165) is 22.8 Å². The summed E-state index contributed by atoms with van der Waals surface area (Å²) in [6.07, 6.45) is -4.20. The van der Waals surface area contributed by atoms with Crippen LogP contribution in [0.5, 0.6) is 11.5 Å². The Morgan fingerprint density at radius 3 is 2.43 bits per heavy atom. The Morgan fingerprint density at radius 2 is 1.87 bits per heavy atom. The van der Waals surface area contributed by atoms with Gasteiger partial charge in [-0.25, -0.2) is 0 Å². The van der Waals surface area contributed by atoms with Gasteiger partial charge in [-0.05, 0) is 71.7 Å². The van der Waals surface area contributed by atoms with Crippen LogP contribution in [0.4, 0.5) is 13.2 Å². The van der Waals surface area contributed by atoms with Crippen molar-refractivity contribution in [2.45, 2.75) is 51.6 Å². The number of aryl methyl sites for hydroxylation is 2. The molecule has 3 N–H and O–H groups in total. The van der Waals surface area contributed by atoms with Crippen molar-refractivity contribution in [3.05, 3.63) is 57.6 Å². The van der Waals surface area contributed by atoms with Gasteiger partial charge in [0.25, 0.3) is 0 Å². The van der Waals surface area contributed by atoms with Gasteiger partial charge < -0.3 is 19.6 Å². The highest BCUT2D eigenvalue weighted by molar-refractivity contribution is 7.51. The molecule has 1 unspecified atom stereocenters. The summed E-state index contributed by atoms with van der Waals surface area (Å²) in [5, 5.41) is 10.2. The van der Waals surface area contributed by atoms with E-state index in [0.29, 0.717) is 24.2 Å². The molecule has 0 aliphatic heterocycles. The predicted octanol–water partition coefficient (Wildman–Crippen LogP) is 5.43. The second-order valence-corrected chi connectivity index (χ2v) is 9.59. The smallest absolute Gasteiger partial charge is 0.419 e. The Balaban J connectivity index is 2.04. The Hall–Kier alpha value is -2.02. The normalized spacial score (nSPS) is 16.8. The maximum atomic E-state index is 13.5. The molecule has 0 radical (unpaired) electrons. The van der Waals surface area contributed by atoms with Crippen molar-refractivity contribution >= 4 is 7.60 Å². The van der Waals surface area contributed by atoms with E-state index in [4.69, 9.17) is 14.5 Å². The fourth-order valence-corrected chi connectivity index (χ4v) is 4.42. The highest BCUT2D eigenvalue weighted by atomic mass is 31.2. The van der Waals surface area contributed by atoms with Gasteiger partial charge >= 0.3 is 13.8 Å². The summed E-state index contributed by atoms with van der Waals surface area (Å²) in [4.78, 5) is 18.0. The number of fused-ring (bicyclic) bond motifs is 1. The standard InChI is InChI=1S/C21H24F3O5P/c1-11(2)17-8-14(9-18(20(17)25)21(22,23)24)16-5-4-13-7-15(6-12(3)19(13)16)29-10-30(26,27)28/h6-9,11,16,25H,4-5,10H2,1-3H3,(H2,26,27,28). The number of rotatable bonds is 5. The molecular formula is C21H24F3O5P.